The Morgan fingerprint density at radius 2 is 0.616 bits per heavy atom. The van der Waals surface area contributed by atoms with Crippen LogP contribution in [0.1, 0.15) is 215 Å². The standard InChI is InChI=1S/C25H29N5O5S.C24H26N8O5S.C24H28N6O5S.C24H27N5O6S/c1-3-24(15-35-16-24)36(33,34)25(9-10-25)14-30-11-8-19-20(28-29(2)21(19)23(30)32)22(31)27-13-18-6-4-17(12-26)5-7-18;1-31-20-18(19(29-31)21(33)27-11-17-4-2-16(10-25)3-5-17)6-9-32(22(20)34)13-23(7-8-23)38(35,36)24(12-28-30-26)14-37-15-24;1-29-20-18(19(28-29)21(31)27-11-17-4-2-16(10-25)3-5-17)6-9-30(22(20)32)13-23(7-8-23)36(33,34)24(12-26)14-35-15-24;1-28-20-18(19(27-28)21(31)26-11-17-4-2-16(10-25)3-5-17)6-9-29(22(20)32)12-23(7-8-23)36(33,34)24(13-30)14-35-15-24/h4-7H,3,8-11,13-16H2,1-2H3,(H,27,31);2-5H,6-9,11-15H2,1H3,(H,27,33);2-5H,6-9,11-15,26H2,1H3,(H,27,31);2-5,30H,6-9,11-15H2,1H3,(H,26,31). The fraction of sp³-hybridized carbons (Fsp3) is 0.505. The van der Waals surface area contributed by atoms with E-state index in [0.717, 1.165) is 22.3 Å². The number of hydrogen-bond donors (Lipinski definition) is 6. The lowest BCUT2D eigenvalue weighted by Gasteiger charge is -2.43. The molecular formula is C97H110N24O21S4. The van der Waals surface area contributed by atoms with Crippen LogP contribution in [0, 0.1) is 45.3 Å². The Hall–Kier alpha value is -13.7. The zero-order valence-electron chi connectivity index (χ0n) is 81.0. The highest BCUT2D eigenvalue weighted by molar-refractivity contribution is 7.95. The Morgan fingerprint density at radius 3 is 0.808 bits per heavy atom. The van der Waals surface area contributed by atoms with Gasteiger partial charge in [-0.2, -0.15) is 41.4 Å². The summed E-state index contributed by atoms with van der Waals surface area (Å²) >= 11 is 0. The van der Waals surface area contributed by atoms with Gasteiger partial charge in [0.15, 0.2) is 62.1 Å². The van der Waals surface area contributed by atoms with E-state index < -0.39 is 102 Å². The molecule has 20 rings (SSSR count). The SMILES string of the molecule is CCC1(S(=O)(=O)C2(CN3CCc4c(C(=O)NCc5ccc(C#N)cc5)nn(C)c4C3=O)CC2)COC1.Cn1nc(C(=O)NCc2ccc(C#N)cc2)c2c1C(=O)N(CC1(S(=O)(=O)C3(CN)COC3)CC1)CC2.Cn1nc(C(=O)NCc2ccc(C#N)cc2)c2c1C(=O)N(CC1(S(=O)(=O)C3(CN=[N+]=[N-])COC3)CC1)CC2.Cn1nc(C(=O)NCc2ccc(C#N)cc2)c2c1C(=O)N(CC1(S(=O)(=O)C3(CO)COC3)CC1)CC2. The second kappa shape index (κ2) is 39.9. The zero-order chi connectivity index (χ0) is 104. The summed E-state index contributed by atoms with van der Waals surface area (Å²) < 4.78 is 126. The number of aliphatic hydroxyl groups is 1. The van der Waals surface area contributed by atoms with E-state index in [-0.39, 0.29) is 195 Å². The van der Waals surface area contributed by atoms with Gasteiger partial charge in [-0.3, -0.25) is 57.1 Å². The van der Waals surface area contributed by atoms with Crippen molar-refractivity contribution in [2.75, 3.05) is 125 Å². The maximum atomic E-state index is 13.6. The number of azide groups is 1. The Kier molecular flexibility index (Phi) is 28.4. The molecule has 0 unspecified atom stereocenters. The molecule has 0 radical (unpaired) electrons. The third-order valence-electron chi connectivity index (χ3n) is 30.4. The molecule has 8 fully saturated rings. The summed E-state index contributed by atoms with van der Waals surface area (Å²) in [7, 11) is -8.18. The van der Waals surface area contributed by atoms with Gasteiger partial charge >= 0.3 is 0 Å². The number of aromatic nitrogens is 8. The molecular weight excluding hydrogens is 1970 g/mol. The highest BCUT2D eigenvalue weighted by Gasteiger charge is 2.70. The van der Waals surface area contributed by atoms with E-state index in [1.54, 1.807) is 135 Å². The Labute approximate surface area is 841 Å². The number of aryl methyl sites for hydroxylation is 4. The summed E-state index contributed by atoms with van der Waals surface area (Å²) in [6, 6.07) is 35.7. The summed E-state index contributed by atoms with van der Waals surface area (Å²) in [5, 5.41) is 77.5. The van der Waals surface area contributed by atoms with Gasteiger partial charge in [0.1, 0.15) is 41.8 Å². The third kappa shape index (κ3) is 18.4. The number of amides is 8. The van der Waals surface area contributed by atoms with E-state index in [0.29, 0.717) is 152 Å². The molecule has 49 heteroatoms. The first-order valence-corrected chi connectivity index (χ1v) is 53.7. The number of nitrogens with two attached hydrogens (primary N) is 1. The number of nitrogens with zero attached hydrogens (tertiary/aromatic N) is 19. The number of hydrogen-bond acceptors (Lipinski definition) is 31. The average molecular weight is 2080 g/mol. The first-order valence-electron chi connectivity index (χ1n) is 47.8. The number of sulfone groups is 4. The Bertz CT molecular complexity index is 6800. The molecule has 4 aromatic carbocycles. The van der Waals surface area contributed by atoms with E-state index in [2.05, 4.69) is 63.8 Å². The van der Waals surface area contributed by atoms with Crippen LogP contribution in [-0.4, -0.2) is 308 Å². The van der Waals surface area contributed by atoms with Crippen molar-refractivity contribution in [3.8, 4) is 24.3 Å². The smallest absolute Gasteiger partial charge is 0.272 e. The highest BCUT2D eigenvalue weighted by atomic mass is 32.2. The van der Waals surface area contributed by atoms with Crippen molar-refractivity contribution in [1.82, 2.24) is 80.0 Å². The van der Waals surface area contributed by atoms with Crippen LogP contribution in [0.15, 0.2) is 102 Å². The minimum absolute atomic E-state index is 0.00214. The lowest BCUT2D eigenvalue weighted by molar-refractivity contribution is -0.0374. The van der Waals surface area contributed by atoms with Gasteiger partial charge in [0.05, 0.1) is 132 Å². The van der Waals surface area contributed by atoms with Gasteiger partial charge in [-0.05, 0) is 160 Å². The molecule has 0 bridgehead atoms. The molecule has 8 aromatic rings. The third-order valence-corrected chi connectivity index (χ3v) is 43.4. The minimum atomic E-state index is -3.77. The highest BCUT2D eigenvalue weighted by Crippen LogP contribution is 2.56. The molecule has 7 N–H and O–H groups in total. The maximum Gasteiger partial charge on any atom is 0.272 e. The van der Waals surface area contributed by atoms with Gasteiger partial charge in [0.2, 0.25) is 0 Å². The van der Waals surface area contributed by atoms with E-state index in [1.165, 1.54) is 28.5 Å². The maximum absolute atomic E-state index is 13.6. The van der Waals surface area contributed by atoms with Crippen LogP contribution < -0.4 is 27.0 Å². The van der Waals surface area contributed by atoms with E-state index in [4.69, 9.17) is 51.3 Å². The van der Waals surface area contributed by atoms with E-state index in [1.807, 2.05) is 19.1 Å². The first-order chi connectivity index (χ1) is 69.7. The largest absolute Gasteiger partial charge is 0.395 e. The number of rotatable bonds is 33. The van der Waals surface area contributed by atoms with Crippen LogP contribution in [0.25, 0.3) is 10.4 Å². The minimum Gasteiger partial charge on any atom is -0.395 e. The molecule has 4 saturated carbocycles. The molecule has 146 heavy (non-hydrogen) atoms. The number of ether oxygens (including phenoxy) is 4. The molecule has 8 aliphatic heterocycles. The average Bonchev–Trinajstić information content (AvgIpc) is 1.56. The van der Waals surface area contributed by atoms with Crippen molar-refractivity contribution in [3.63, 3.8) is 0 Å². The van der Waals surface area contributed by atoms with Crippen molar-refractivity contribution in [2.24, 2.45) is 39.0 Å². The van der Waals surface area contributed by atoms with Gasteiger partial charge in [0, 0.05) is 140 Å². The second-order valence-corrected chi connectivity index (χ2v) is 50.6. The van der Waals surface area contributed by atoms with Crippen LogP contribution in [0.2, 0.25) is 0 Å². The van der Waals surface area contributed by atoms with Crippen molar-refractivity contribution in [3.05, 3.63) is 220 Å². The van der Waals surface area contributed by atoms with Crippen LogP contribution in [0.4, 0.5) is 0 Å². The fourth-order valence-electron chi connectivity index (χ4n) is 20.4. The Morgan fingerprint density at radius 1 is 0.390 bits per heavy atom. The van der Waals surface area contributed by atoms with Crippen LogP contribution in [-0.2, 0) is 138 Å². The van der Waals surface area contributed by atoms with Crippen molar-refractivity contribution < 1.29 is 96.1 Å². The molecule has 0 spiro atoms. The molecule has 768 valence electrons. The van der Waals surface area contributed by atoms with Gasteiger partial charge in [-0.25, -0.2) is 33.7 Å². The molecule has 0 atom stereocenters. The molecule has 4 aliphatic carbocycles. The summed E-state index contributed by atoms with van der Waals surface area (Å²) in [6.07, 6.45) is 5.81. The molecule has 12 heterocycles. The van der Waals surface area contributed by atoms with Gasteiger partial charge < -0.3 is 70.7 Å². The number of carbonyl (C=O) groups excluding carboxylic acids is 8. The first kappa shape index (κ1) is 104. The second-order valence-electron chi connectivity index (χ2n) is 39.6. The molecule has 8 amide bonds. The van der Waals surface area contributed by atoms with Gasteiger partial charge in [0.25, 0.3) is 47.3 Å². The number of fused-ring (bicyclic) bond motifs is 4. The number of carbonyl (C=O) groups is 8. The van der Waals surface area contributed by atoms with E-state index >= 15 is 0 Å². The monoisotopic (exact) mass is 2070 g/mol. The summed E-state index contributed by atoms with van der Waals surface area (Å²) in [6.45, 7) is 4.13. The molecule has 4 aromatic heterocycles. The quantitative estimate of drug-likeness (QED) is 0.0195. The number of benzene rings is 4. The molecule has 45 nitrogen and oxygen atoms in total. The lowest BCUT2D eigenvalue weighted by atomic mass is 10.0. The molecule has 4 saturated heterocycles. The van der Waals surface area contributed by atoms with Gasteiger partial charge in [-0.15, -0.1) is 0 Å². The number of aliphatic hydroxyl groups excluding tert-OH is 1. The van der Waals surface area contributed by atoms with Gasteiger partial charge in [-0.1, -0.05) is 60.6 Å². The summed E-state index contributed by atoms with van der Waals surface area (Å²) in [5.41, 5.74) is 24.1. The predicted molar refractivity (Wildman–Crippen MR) is 519 cm³/mol. The van der Waals surface area contributed by atoms with E-state index in [9.17, 15) is 77.1 Å². The normalized spacial score (nSPS) is 19.5. The predicted octanol–water partition coefficient (Wildman–Crippen LogP) is 2.42. The van der Waals surface area contributed by atoms with Crippen LogP contribution >= 0.6 is 0 Å². The van der Waals surface area contributed by atoms with Crippen molar-refractivity contribution >= 4 is 86.6 Å². The summed E-state index contributed by atoms with van der Waals surface area (Å²) in [4.78, 5) is 114. The van der Waals surface area contributed by atoms with Crippen molar-refractivity contribution in [2.45, 2.75) is 155 Å². The Balaban J connectivity index is 0.000000133. The van der Waals surface area contributed by atoms with Crippen LogP contribution in [0.3, 0.4) is 0 Å². The zero-order valence-corrected chi connectivity index (χ0v) is 84.3. The number of nitrogens with one attached hydrogen (secondary N) is 4. The summed E-state index contributed by atoms with van der Waals surface area (Å²) in [5.74, 6) is -2.96. The fourth-order valence-corrected chi connectivity index (χ4v) is 30.8. The lowest BCUT2D eigenvalue weighted by Crippen LogP contribution is -2.65. The molecule has 12 aliphatic rings. The topological polar surface area (TPSA) is 633 Å². The number of nitriles is 4. The van der Waals surface area contributed by atoms with Crippen molar-refractivity contribution in [1.29, 1.82) is 21.0 Å². The van der Waals surface area contributed by atoms with Crippen LogP contribution in [0.5, 0.6) is 0 Å².